The topological polar surface area (TPSA) is 89.8 Å². The van der Waals surface area contributed by atoms with Crippen molar-refractivity contribution in [3.05, 3.63) is 62.6 Å². The molecule has 2 aromatic rings. The van der Waals surface area contributed by atoms with E-state index in [4.69, 9.17) is 4.74 Å². The second-order valence-electron chi connectivity index (χ2n) is 5.36. The van der Waals surface area contributed by atoms with E-state index in [-0.39, 0.29) is 36.0 Å². The number of halogens is 1. The van der Waals surface area contributed by atoms with Crippen LogP contribution in [-0.2, 0) is 16.6 Å². The Balaban J connectivity index is 2.35. The number of nitro benzene ring substituents is 1. The molecular weight excluding hydrogens is 424 g/mol. The lowest BCUT2D eigenvalue weighted by Gasteiger charge is -2.18. The van der Waals surface area contributed by atoms with Gasteiger partial charge in [-0.3, -0.25) is 10.1 Å². The molecule has 0 aromatic heterocycles. The fraction of sp³-hybridized carbons (Fsp3) is 0.294. The summed E-state index contributed by atoms with van der Waals surface area (Å²) >= 11 is 3.39. The highest BCUT2D eigenvalue weighted by molar-refractivity contribution is 9.10. The number of rotatable bonds is 8. The van der Waals surface area contributed by atoms with Gasteiger partial charge in [0.2, 0.25) is 10.0 Å². The Kier molecular flexibility index (Phi) is 6.74. The van der Waals surface area contributed by atoms with E-state index in [9.17, 15) is 18.5 Å². The number of nitrogens with zero attached hydrogens (tertiary/aromatic N) is 2. The molecule has 0 saturated carbocycles. The lowest BCUT2D eigenvalue weighted by Crippen LogP contribution is -2.30. The van der Waals surface area contributed by atoms with Gasteiger partial charge in [-0.2, -0.15) is 4.31 Å². The molecule has 9 heteroatoms. The van der Waals surface area contributed by atoms with Crippen molar-refractivity contribution in [2.75, 3.05) is 13.1 Å². The minimum atomic E-state index is -3.78. The second kappa shape index (κ2) is 8.61. The Morgan fingerprint density at radius 1 is 1.15 bits per heavy atom. The molecule has 0 heterocycles. The Labute approximate surface area is 160 Å². The molecule has 0 aliphatic carbocycles. The third-order valence-corrected chi connectivity index (χ3v) is 6.63. The third kappa shape index (κ3) is 4.40. The molecule has 26 heavy (non-hydrogen) atoms. The van der Waals surface area contributed by atoms with Crippen LogP contribution in [0.3, 0.4) is 0 Å². The van der Waals surface area contributed by atoms with Gasteiger partial charge in [-0.25, -0.2) is 8.42 Å². The fourth-order valence-electron chi connectivity index (χ4n) is 2.41. The Morgan fingerprint density at radius 2 is 1.81 bits per heavy atom. The molecule has 0 aliphatic heterocycles. The number of nitro groups is 1. The van der Waals surface area contributed by atoms with Gasteiger partial charge in [0.15, 0.2) is 5.75 Å². The second-order valence-corrected chi connectivity index (χ2v) is 8.15. The molecule has 0 spiro atoms. The molecule has 0 unspecified atom stereocenters. The number of ether oxygens (including phenoxy) is 1. The van der Waals surface area contributed by atoms with Gasteiger partial charge in [0.05, 0.1) is 9.82 Å². The highest BCUT2D eigenvalue weighted by Gasteiger charge is 2.26. The molecule has 0 saturated heterocycles. The first-order valence-electron chi connectivity index (χ1n) is 7.96. The van der Waals surface area contributed by atoms with E-state index in [0.717, 1.165) is 16.1 Å². The lowest BCUT2D eigenvalue weighted by molar-refractivity contribution is -0.386. The average molecular weight is 443 g/mol. The minimum absolute atomic E-state index is 0.0178. The van der Waals surface area contributed by atoms with Crippen LogP contribution in [0, 0.1) is 10.1 Å². The van der Waals surface area contributed by atoms with Crippen LogP contribution < -0.4 is 4.74 Å². The van der Waals surface area contributed by atoms with Crippen LogP contribution in [0.1, 0.15) is 19.4 Å². The van der Waals surface area contributed by atoms with Crippen LogP contribution >= 0.6 is 15.9 Å². The summed E-state index contributed by atoms with van der Waals surface area (Å²) in [6.07, 6.45) is 0. The standard InChI is InChI=1S/C17H19BrN2O5S/c1-3-19(4-2)26(23,24)14-9-10-17(16(11-14)20(21)22)25-12-13-7-5-6-8-15(13)18/h5-11H,3-4,12H2,1-2H3. The first-order valence-corrected chi connectivity index (χ1v) is 10.2. The van der Waals surface area contributed by atoms with Gasteiger partial charge >= 0.3 is 5.69 Å². The quantitative estimate of drug-likeness (QED) is 0.455. The molecule has 0 bridgehead atoms. The van der Waals surface area contributed by atoms with Crippen LogP contribution in [0.2, 0.25) is 0 Å². The van der Waals surface area contributed by atoms with Crippen molar-refractivity contribution in [3.63, 3.8) is 0 Å². The summed E-state index contributed by atoms with van der Waals surface area (Å²) in [7, 11) is -3.78. The van der Waals surface area contributed by atoms with Crippen molar-refractivity contribution in [1.82, 2.24) is 4.31 Å². The van der Waals surface area contributed by atoms with E-state index < -0.39 is 14.9 Å². The van der Waals surface area contributed by atoms with Crippen LogP contribution in [0.15, 0.2) is 51.8 Å². The normalized spacial score (nSPS) is 11.5. The van der Waals surface area contributed by atoms with E-state index in [2.05, 4.69) is 15.9 Å². The van der Waals surface area contributed by atoms with Crippen LogP contribution in [-0.4, -0.2) is 30.7 Å². The van der Waals surface area contributed by atoms with E-state index in [1.807, 2.05) is 24.3 Å². The predicted molar refractivity (Wildman–Crippen MR) is 102 cm³/mol. The zero-order chi connectivity index (χ0) is 19.3. The SMILES string of the molecule is CCN(CC)S(=O)(=O)c1ccc(OCc2ccccc2Br)c([N+](=O)[O-])c1. The van der Waals surface area contributed by atoms with Crippen molar-refractivity contribution in [3.8, 4) is 5.75 Å². The van der Waals surface area contributed by atoms with Gasteiger partial charge < -0.3 is 4.74 Å². The maximum atomic E-state index is 12.6. The molecule has 7 nitrogen and oxygen atoms in total. The Hall–Kier alpha value is -1.97. The Morgan fingerprint density at radius 3 is 2.38 bits per heavy atom. The minimum Gasteiger partial charge on any atom is -0.482 e. The van der Waals surface area contributed by atoms with Gasteiger partial charge in [-0.05, 0) is 18.2 Å². The van der Waals surface area contributed by atoms with Gasteiger partial charge in [0.25, 0.3) is 0 Å². The van der Waals surface area contributed by atoms with E-state index in [1.54, 1.807) is 13.8 Å². The van der Waals surface area contributed by atoms with E-state index in [0.29, 0.717) is 0 Å². The summed E-state index contributed by atoms with van der Waals surface area (Å²) in [6.45, 7) is 4.11. The van der Waals surface area contributed by atoms with Crippen LogP contribution in [0.5, 0.6) is 5.75 Å². The highest BCUT2D eigenvalue weighted by atomic mass is 79.9. The number of benzene rings is 2. The van der Waals surface area contributed by atoms with Crippen LogP contribution in [0.25, 0.3) is 0 Å². The van der Waals surface area contributed by atoms with Gasteiger partial charge in [0.1, 0.15) is 6.61 Å². The van der Waals surface area contributed by atoms with Crippen molar-refractivity contribution < 1.29 is 18.1 Å². The van der Waals surface area contributed by atoms with Crippen molar-refractivity contribution in [2.45, 2.75) is 25.3 Å². The molecular formula is C17H19BrN2O5S. The van der Waals surface area contributed by atoms with Crippen LogP contribution in [0.4, 0.5) is 5.69 Å². The first kappa shape index (κ1) is 20.3. The predicted octanol–water partition coefficient (Wildman–Crippen LogP) is 3.97. The van der Waals surface area contributed by atoms with E-state index in [1.165, 1.54) is 16.4 Å². The summed E-state index contributed by atoms with van der Waals surface area (Å²) in [5.41, 5.74) is 0.437. The molecule has 2 aromatic carbocycles. The zero-order valence-electron chi connectivity index (χ0n) is 14.4. The smallest absolute Gasteiger partial charge is 0.312 e. The maximum absolute atomic E-state index is 12.6. The van der Waals surface area contributed by atoms with Gasteiger partial charge in [-0.15, -0.1) is 0 Å². The summed E-state index contributed by atoms with van der Waals surface area (Å²) in [5.74, 6) is 0.0178. The number of sulfonamides is 1. The summed E-state index contributed by atoms with van der Waals surface area (Å²) in [6, 6.07) is 11.0. The first-order chi connectivity index (χ1) is 12.3. The molecule has 2 rings (SSSR count). The van der Waals surface area contributed by atoms with E-state index >= 15 is 0 Å². The number of hydrogen-bond acceptors (Lipinski definition) is 5. The van der Waals surface area contributed by atoms with Crippen molar-refractivity contribution >= 4 is 31.6 Å². The van der Waals surface area contributed by atoms with Crippen molar-refractivity contribution in [2.24, 2.45) is 0 Å². The number of hydrogen-bond donors (Lipinski definition) is 0. The largest absolute Gasteiger partial charge is 0.482 e. The maximum Gasteiger partial charge on any atom is 0.312 e. The molecule has 0 atom stereocenters. The van der Waals surface area contributed by atoms with Gasteiger partial charge in [-0.1, -0.05) is 48.0 Å². The zero-order valence-corrected chi connectivity index (χ0v) is 16.8. The summed E-state index contributed by atoms with van der Waals surface area (Å²) in [4.78, 5) is 10.6. The van der Waals surface area contributed by atoms with Gasteiger partial charge in [0, 0.05) is 29.2 Å². The molecule has 0 amide bonds. The third-order valence-electron chi connectivity index (χ3n) is 3.81. The molecule has 0 aliphatic rings. The lowest BCUT2D eigenvalue weighted by atomic mass is 10.2. The molecule has 0 fully saturated rings. The Bertz CT molecular complexity index is 898. The molecule has 140 valence electrons. The summed E-state index contributed by atoms with van der Waals surface area (Å²) < 4.78 is 32.8. The molecule has 0 radical (unpaired) electrons. The fourth-order valence-corrected chi connectivity index (χ4v) is 4.28. The average Bonchev–Trinajstić information content (AvgIpc) is 2.61. The monoisotopic (exact) mass is 442 g/mol. The highest BCUT2D eigenvalue weighted by Crippen LogP contribution is 2.32. The molecule has 0 N–H and O–H groups in total. The summed E-state index contributed by atoms with van der Waals surface area (Å²) in [5, 5.41) is 11.4. The van der Waals surface area contributed by atoms with Crippen molar-refractivity contribution in [1.29, 1.82) is 0 Å².